The first-order valence-corrected chi connectivity index (χ1v) is 17.2. The summed E-state index contributed by atoms with van der Waals surface area (Å²) in [6, 6.07) is 12.8. The number of ether oxygens (including phenoxy) is 2. The molecule has 2 aromatic carbocycles. The first-order valence-electron chi connectivity index (χ1n) is 17.2. The molecule has 9 nitrogen and oxygen atoms in total. The summed E-state index contributed by atoms with van der Waals surface area (Å²) >= 11 is 0. The summed E-state index contributed by atoms with van der Waals surface area (Å²) in [7, 11) is 5.22. The summed E-state index contributed by atoms with van der Waals surface area (Å²) in [5, 5.41) is 9.17. The van der Waals surface area contributed by atoms with Crippen LogP contribution in [-0.2, 0) is 31.4 Å². The van der Waals surface area contributed by atoms with Crippen molar-refractivity contribution in [2.75, 3.05) is 40.4 Å². The molecule has 3 aromatic rings. The van der Waals surface area contributed by atoms with Crippen LogP contribution in [0.1, 0.15) is 72.5 Å². The number of fused-ring (bicyclic) bond motifs is 1. The van der Waals surface area contributed by atoms with Gasteiger partial charge in [0.05, 0.1) is 31.9 Å². The Labute approximate surface area is 284 Å². The van der Waals surface area contributed by atoms with Crippen LogP contribution in [-0.4, -0.2) is 71.1 Å². The minimum atomic E-state index is -0.0702. The number of hydrogen-bond donors (Lipinski definition) is 0. The van der Waals surface area contributed by atoms with Gasteiger partial charge in [-0.25, -0.2) is 0 Å². The molecule has 0 N–H and O–H groups in total. The van der Waals surface area contributed by atoms with Crippen LogP contribution in [0.25, 0.3) is 11.1 Å². The summed E-state index contributed by atoms with van der Waals surface area (Å²) in [5.41, 5.74) is 8.85. The number of aromatic nitrogens is 1. The predicted octanol–water partition coefficient (Wildman–Crippen LogP) is 5.53. The van der Waals surface area contributed by atoms with E-state index < -0.39 is 0 Å². The van der Waals surface area contributed by atoms with Crippen molar-refractivity contribution in [2.24, 2.45) is 13.0 Å². The largest absolute Gasteiger partial charge is 0.496 e. The van der Waals surface area contributed by atoms with Crippen LogP contribution >= 0.6 is 0 Å². The van der Waals surface area contributed by atoms with Crippen LogP contribution in [0.3, 0.4) is 0 Å². The minimum absolute atomic E-state index is 0.000661. The van der Waals surface area contributed by atoms with Gasteiger partial charge in [0, 0.05) is 69.2 Å². The molecule has 1 unspecified atom stereocenters. The Hall–Kier alpha value is -4.13. The van der Waals surface area contributed by atoms with Crippen molar-refractivity contribution in [1.82, 2.24) is 19.3 Å². The summed E-state index contributed by atoms with van der Waals surface area (Å²) in [5.74, 6) is 1.79. The predicted molar refractivity (Wildman–Crippen MR) is 187 cm³/mol. The third kappa shape index (κ3) is 6.12. The van der Waals surface area contributed by atoms with E-state index in [2.05, 4.69) is 54.0 Å². The third-order valence-corrected chi connectivity index (χ3v) is 11.0. The van der Waals surface area contributed by atoms with Gasteiger partial charge >= 0.3 is 0 Å². The molecule has 3 heterocycles. The maximum Gasteiger partial charge on any atom is 0.253 e. The Bertz CT molecular complexity index is 1790. The highest BCUT2D eigenvalue weighted by atomic mass is 16.5. The molecule has 0 radical (unpaired) electrons. The van der Waals surface area contributed by atoms with Crippen molar-refractivity contribution >= 4 is 5.91 Å². The van der Waals surface area contributed by atoms with Gasteiger partial charge in [0.1, 0.15) is 17.9 Å². The van der Waals surface area contributed by atoms with E-state index in [9.17, 15) is 14.9 Å². The molecule has 2 fully saturated rings. The number of piperazine rings is 1. The van der Waals surface area contributed by atoms with Gasteiger partial charge in [-0.3, -0.25) is 19.4 Å². The molecule has 1 saturated carbocycles. The Morgan fingerprint density at radius 2 is 1.75 bits per heavy atom. The number of aryl methyl sites for hydroxylation is 1. The molecule has 9 heteroatoms. The molecule has 254 valence electrons. The fraction of sp³-hybridized carbons (Fsp3) is 0.513. The van der Waals surface area contributed by atoms with Crippen molar-refractivity contribution in [3.05, 3.63) is 80.3 Å². The molecule has 1 aliphatic carbocycles. The molecule has 2 aliphatic heterocycles. The van der Waals surface area contributed by atoms with Crippen LogP contribution < -0.4 is 15.0 Å². The number of methoxy groups -OCH3 is 2. The summed E-state index contributed by atoms with van der Waals surface area (Å²) in [6.45, 7) is 13.4. The lowest BCUT2D eigenvalue weighted by molar-refractivity contribution is -0.134. The van der Waals surface area contributed by atoms with Crippen LogP contribution in [0.15, 0.2) is 41.3 Å². The van der Waals surface area contributed by atoms with E-state index in [1.54, 1.807) is 25.8 Å². The lowest BCUT2D eigenvalue weighted by atomic mass is 9.83. The number of rotatable bonds is 9. The second kappa shape index (κ2) is 13.4. The molecular formula is C39H49N5O4. The van der Waals surface area contributed by atoms with Crippen LogP contribution in [0, 0.1) is 31.1 Å². The molecule has 0 bridgehead atoms. The number of hydrogen-bond acceptors (Lipinski definition) is 7. The maximum absolute atomic E-state index is 12.8. The van der Waals surface area contributed by atoms with Crippen molar-refractivity contribution in [1.29, 1.82) is 5.26 Å². The highest BCUT2D eigenvalue weighted by Crippen LogP contribution is 2.47. The van der Waals surface area contributed by atoms with Gasteiger partial charge in [0.2, 0.25) is 5.91 Å². The number of pyridine rings is 1. The quantitative estimate of drug-likeness (QED) is 0.301. The van der Waals surface area contributed by atoms with Gasteiger partial charge in [-0.1, -0.05) is 32.0 Å². The number of carbonyl (C=O) groups excluding carboxylic acids is 1. The lowest BCUT2D eigenvalue weighted by Gasteiger charge is -2.43. The number of amides is 1. The number of carbonyl (C=O) groups is 1. The molecule has 1 atom stereocenters. The summed E-state index contributed by atoms with van der Waals surface area (Å²) < 4.78 is 13.6. The Kier molecular flexibility index (Phi) is 9.43. The van der Waals surface area contributed by atoms with E-state index in [1.165, 1.54) is 29.5 Å². The van der Waals surface area contributed by atoms with Gasteiger partial charge in [0.15, 0.2) is 0 Å². The average Bonchev–Trinajstić information content (AvgIpc) is 3.85. The molecular weight excluding hydrogens is 602 g/mol. The van der Waals surface area contributed by atoms with Gasteiger partial charge in [-0.05, 0) is 79.0 Å². The summed E-state index contributed by atoms with van der Waals surface area (Å²) in [6.07, 6.45) is 4.99. The van der Waals surface area contributed by atoms with E-state index >= 15 is 0 Å². The summed E-state index contributed by atoms with van der Waals surface area (Å²) in [4.78, 5) is 32.5. The number of benzene rings is 2. The van der Waals surface area contributed by atoms with Gasteiger partial charge < -0.3 is 18.9 Å². The average molecular weight is 652 g/mol. The fourth-order valence-corrected chi connectivity index (χ4v) is 8.18. The van der Waals surface area contributed by atoms with E-state index in [0.717, 1.165) is 78.5 Å². The number of nitrogens with zero attached hydrogens (tertiary/aromatic N) is 5. The SMILES string of the molecule is COc1cc(-c2cn(C)c(=O)c(C)c2C)cc(OC)c1CN1CCN(Cc2cccc3c2CCN(C(=O)CC#N)C3C(C)C)CC12CC2. The zero-order chi connectivity index (χ0) is 34.3. The van der Waals surface area contributed by atoms with Crippen LogP contribution in [0.4, 0.5) is 0 Å². The van der Waals surface area contributed by atoms with Gasteiger partial charge in [-0.15, -0.1) is 0 Å². The van der Waals surface area contributed by atoms with Gasteiger partial charge in [-0.2, -0.15) is 5.26 Å². The second-order valence-electron chi connectivity index (χ2n) is 14.3. The maximum atomic E-state index is 12.8. The fourth-order valence-electron chi connectivity index (χ4n) is 8.18. The highest BCUT2D eigenvalue weighted by Gasteiger charge is 2.51. The standard InChI is InChI=1S/C39H49N5O4/c1-25(2)37-31-10-8-9-28(30(31)12-16-44(37)36(45)11-15-40)21-42-17-18-43(39(24-42)13-14-39)23-33-34(47-6)19-29(20-35(33)48-7)32-22-41(5)38(46)27(4)26(32)3/h8-10,19-20,22,25,37H,11-14,16-18,21,23-24H2,1-7H3. The van der Waals surface area contributed by atoms with Crippen molar-refractivity contribution in [3.63, 3.8) is 0 Å². The molecule has 3 aliphatic rings. The topological polar surface area (TPSA) is 91.0 Å². The smallest absolute Gasteiger partial charge is 0.253 e. The van der Waals surface area contributed by atoms with E-state index in [4.69, 9.17) is 9.47 Å². The zero-order valence-corrected chi connectivity index (χ0v) is 29.6. The van der Waals surface area contributed by atoms with E-state index in [1.807, 2.05) is 31.0 Å². The normalized spacial score (nSPS) is 18.9. The van der Waals surface area contributed by atoms with Crippen LogP contribution in [0.2, 0.25) is 0 Å². The van der Waals surface area contributed by atoms with Crippen molar-refractivity contribution in [3.8, 4) is 28.7 Å². The number of nitriles is 1. The highest BCUT2D eigenvalue weighted by molar-refractivity contribution is 5.79. The molecule has 1 spiro atoms. The van der Waals surface area contributed by atoms with Crippen molar-refractivity contribution < 1.29 is 14.3 Å². The monoisotopic (exact) mass is 651 g/mol. The molecule has 6 rings (SSSR count). The minimum Gasteiger partial charge on any atom is -0.496 e. The Morgan fingerprint density at radius 3 is 2.38 bits per heavy atom. The van der Waals surface area contributed by atoms with E-state index in [0.29, 0.717) is 6.54 Å². The molecule has 48 heavy (non-hydrogen) atoms. The molecule has 1 amide bonds. The Morgan fingerprint density at radius 1 is 1.04 bits per heavy atom. The first kappa shape index (κ1) is 33.8. The zero-order valence-electron chi connectivity index (χ0n) is 29.6. The lowest BCUT2D eigenvalue weighted by Crippen LogP contribution is -2.54. The van der Waals surface area contributed by atoms with E-state index in [-0.39, 0.29) is 35.4 Å². The third-order valence-electron chi connectivity index (χ3n) is 11.0. The second-order valence-corrected chi connectivity index (χ2v) is 14.3. The first-order chi connectivity index (χ1) is 23.0. The van der Waals surface area contributed by atoms with Gasteiger partial charge in [0.25, 0.3) is 5.56 Å². The molecule has 1 saturated heterocycles. The van der Waals surface area contributed by atoms with Crippen LogP contribution in [0.5, 0.6) is 11.5 Å². The molecule has 1 aromatic heterocycles. The van der Waals surface area contributed by atoms with Crippen molar-refractivity contribution in [2.45, 2.75) is 78.0 Å². The Balaban J connectivity index is 1.21.